The van der Waals surface area contributed by atoms with Crippen molar-refractivity contribution in [3.63, 3.8) is 0 Å². The van der Waals surface area contributed by atoms with E-state index in [1.807, 2.05) is 0 Å². The summed E-state index contributed by atoms with van der Waals surface area (Å²) < 4.78 is 21.9. The molecule has 0 aromatic heterocycles. The van der Waals surface area contributed by atoms with E-state index in [2.05, 4.69) is 13.8 Å². The van der Waals surface area contributed by atoms with E-state index < -0.39 is 10.0 Å². The van der Waals surface area contributed by atoms with Crippen LogP contribution in [0.3, 0.4) is 0 Å². The Balaban J connectivity index is 0.00000196. The minimum absolute atomic E-state index is 0. The molecule has 2 N–H and O–H groups in total. The van der Waals surface area contributed by atoms with Gasteiger partial charge in [-0.05, 0) is 24.3 Å². The molecule has 1 aromatic carbocycles. The summed E-state index contributed by atoms with van der Waals surface area (Å²) in [5, 5.41) is 5.46. The molecule has 0 spiro atoms. The maximum atomic E-state index is 10.9. The molecule has 3 nitrogen and oxygen atoms in total. The zero-order chi connectivity index (χ0) is 10.8. The molecule has 0 unspecified atom stereocenters. The molecule has 0 atom stereocenters. The van der Waals surface area contributed by atoms with Crippen molar-refractivity contribution in [2.75, 3.05) is 0 Å². The van der Waals surface area contributed by atoms with Crippen LogP contribution in [0, 0.1) is 0 Å². The maximum Gasteiger partial charge on any atom is 1.00 e. The second-order valence-corrected chi connectivity index (χ2v) is 6.39. The maximum absolute atomic E-state index is 10.9. The fourth-order valence-electron chi connectivity index (χ4n) is 0.980. The summed E-state index contributed by atoms with van der Waals surface area (Å²) in [4.78, 5) is 1.21. The fraction of sp³-hybridized carbons (Fsp3) is 0.333. The van der Waals surface area contributed by atoms with Gasteiger partial charge in [-0.25, -0.2) is 13.6 Å². The molecular formula is C9H13KNO2S2+. The topological polar surface area (TPSA) is 60.2 Å². The Morgan fingerprint density at radius 2 is 1.67 bits per heavy atom. The summed E-state index contributed by atoms with van der Waals surface area (Å²) in [5.41, 5.74) is 0. The molecule has 0 heterocycles. The first-order valence-electron chi connectivity index (χ1n) is 4.19. The van der Waals surface area contributed by atoms with Gasteiger partial charge in [-0.3, -0.25) is 0 Å². The van der Waals surface area contributed by atoms with E-state index in [4.69, 9.17) is 5.14 Å². The van der Waals surface area contributed by atoms with Crippen LogP contribution in [0.1, 0.15) is 13.8 Å². The summed E-state index contributed by atoms with van der Waals surface area (Å²) in [6, 6.07) is 6.59. The molecule has 0 fully saturated rings. The van der Waals surface area contributed by atoms with Gasteiger partial charge in [-0.2, -0.15) is 0 Å². The Labute approximate surface area is 138 Å². The number of sulfonamides is 1. The van der Waals surface area contributed by atoms with E-state index in [1.54, 1.807) is 23.9 Å². The molecule has 6 heteroatoms. The average Bonchev–Trinajstić information content (AvgIpc) is 2.02. The number of primary sulfonamides is 1. The number of hydrogen-bond acceptors (Lipinski definition) is 3. The SMILES string of the molecule is CC(C)Sc1ccc(S(N)(=O)=O)cc1.[K+]. The van der Waals surface area contributed by atoms with Crippen molar-refractivity contribution in [2.45, 2.75) is 28.9 Å². The Kier molecular flexibility index (Phi) is 7.26. The normalized spacial score (nSPS) is 11.2. The van der Waals surface area contributed by atoms with Crippen molar-refractivity contribution < 1.29 is 59.8 Å². The van der Waals surface area contributed by atoms with Crippen molar-refractivity contribution in [1.29, 1.82) is 0 Å². The van der Waals surface area contributed by atoms with Gasteiger partial charge in [0.2, 0.25) is 10.0 Å². The van der Waals surface area contributed by atoms with Gasteiger partial charge in [0.25, 0.3) is 0 Å². The third kappa shape index (κ3) is 5.83. The minimum atomic E-state index is -3.56. The quantitative estimate of drug-likeness (QED) is 0.557. The number of rotatable bonds is 3. The van der Waals surface area contributed by atoms with Crippen LogP contribution in [0.2, 0.25) is 0 Å². The van der Waals surface area contributed by atoms with Gasteiger partial charge >= 0.3 is 51.4 Å². The number of hydrogen-bond donors (Lipinski definition) is 1. The Morgan fingerprint density at radius 3 is 2.00 bits per heavy atom. The molecular weight excluding hydrogens is 257 g/mol. The van der Waals surface area contributed by atoms with Crippen LogP contribution in [0.5, 0.6) is 0 Å². The zero-order valence-corrected chi connectivity index (χ0v) is 13.9. The van der Waals surface area contributed by atoms with Gasteiger partial charge in [0.1, 0.15) is 0 Å². The third-order valence-corrected chi connectivity index (χ3v) is 3.47. The smallest absolute Gasteiger partial charge is 0.225 e. The summed E-state index contributed by atoms with van der Waals surface area (Å²) in [7, 11) is -3.56. The molecule has 15 heavy (non-hydrogen) atoms. The molecule has 0 aliphatic rings. The van der Waals surface area contributed by atoms with Crippen molar-refractivity contribution in [1.82, 2.24) is 0 Å². The number of benzene rings is 1. The van der Waals surface area contributed by atoms with Crippen LogP contribution in [-0.4, -0.2) is 13.7 Å². The molecule has 0 amide bonds. The molecule has 0 aliphatic carbocycles. The molecule has 0 saturated heterocycles. The van der Waals surface area contributed by atoms with Gasteiger partial charge in [-0.1, -0.05) is 13.8 Å². The second kappa shape index (κ2) is 6.76. The molecule has 0 saturated carbocycles. The van der Waals surface area contributed by atoms with E-state index in [-0.39, 0.29) is 56.3 Å². The van der Waals surface area contributed by atoms with Crippen molar-refractivity contribution in [3.05, 3.63) is 24.3 Å². The van der Waals surface area contributed by atoms with E-state index >= 15 is 0 Å². The molecule has 0 bridgehead atoms. The molecule has 1 aromatic rings. The van der Waals surface area contributed by atoms with E-state index in [0.29, 0.717) is 5.25 Å². The van der Waals surface area contributed by atoms with Crippen LogP contribution in [-0.2, 0) is 10.0 Å². The molecule has 0 radical (unpaired) electrons. The van der Waals surface area contributed by atoms with Gasteiger partial charge < -0.3 is 0 Å². The summed E-state index contributed by atoms with van der Waals surface area (Å²) in [5.74, 6) is 0. The first-order chi connectivity index (χ1) is 6.39. The average molecular weight is 270 g/mol. The van der Waals surface area contributed by atoms with Crippen molar-refractivity contribution >= 4 is 21.8 Å². The molecule has 1 rings (SSSR count). The van der Waals surface area contributed by atoms with Crippen molar-refractivity contribution in [3.8, 4) is 0 Å². The van der Waals surface area contributed by atoms with E-state index in [9.17, 15) is 8.42 Å². The van der Waals surface area contributed by atoms with Crippen LogP contribution in [0.15, 0.2) is 34.1 Å². The summed E-state index contributed by atoms with van der Waals surface area (Å²) >= 11 is 1.68. The minimum Gasteiger partial charge on any atom is -0.225 e. The number of thioether (sulfide) groups is 1. The Morgan fingerprint density at radius 1 is 1.20 bits per heavy atom. The molecule has 78 valence electrons. The third-order valence-electron chi connectivity index (χ3n) is 1.52. The largest absolute Gasteiger partial charge is 1.00 e. The van der Waals surface area contributed by atoms with E-state index in [1.165, 1.54) is 12.1 Å². The zero-order valence-electron chi connectivity index (χ0n) is 9.10. The molecule has 0 aliphatic heterocycles. The van der Waals surface area contributed by atoms with Crippen LogP contribution in [0.4, 0.5) is 0 Å². The predicted octanol–water partition coefficient (Wildman–Crippen LogP) is -1.16. The Bertz CT molecular complexity index is 401. The monoisotopic (exact) mass is 270 g/mol. The van der Waals surface area contributed by atoms with Crippen LogP contribution < -0.4 is 56.5 Å². The summed E-state index contributed by atoms with van der Waals surface area (Å²) in [6.07, 6.45) is 0. The first-order valence-corrected chi connectivity index (χ1v) is 6.62. The van der Waals surface area contributed by atoms with Gasteiger partial charge in [0, 0.05) is 10.1 Å². The number of nitrogens with two attached hydrogens (primary N) is 1. The first kappa shape index (κ1) is 16.1. The van der Waals surface area contributed by atoms with Crippen LogP contribution >= 0.6 is 11.8 Å². The van der Waals surface area contributed by atoms with Crippen molar-refractivity contribution in [2.24, 2.45) is 5.14 Å². The van der Waals surface area contributed by atoms with Gasteiger partial charge in [0.15, 0.2) is 0 Å². The van der Waals surface area contributed by atoms with Gasteiger partial charge in [-0.15, -0.1) is 11.8 Å². The summed E-state index contributed by atoms with van der Waals surface area (Å²) in [6.45, 7) is 4.16. The fourth-order valence-corrected chi connectivity index (χ4v) is 2.33. The van der Waals surface area contributed by atoms with Gasteiger partial charge in [0.05, 0.1) is 4.90 Å². The van der Waals surface area contributed by atoms with Crippen LogP contribution in [0.25, 0.3) is 0 Å². The Hall–Kier alpha value is 1.12. The standard InChI is InChI=1S/C9H13NO2S2.K/c1-7(2)13-8-3-5-9(6-4-8)14(10,11)12;/h3-7H,1-2H3,(H2,10,11,12);/q;+1. The second-order valence-electron chi connectivity index (χ2n) is 3.18. The van der Waals surface area contributed by atoms with E-state index in [0.717, 1.165) is 4.90 Å². The predicted molar refractivity (Wildman–Crippen MR) is 58.8 cm³/mol.